The standard InChI is InChI=1S/C22H25N5O2S/c1-14-10-15(2)12-16(11-14)27(21(29)18-13-30-26-25-18)19(17-8-6-7-9-23-17)20(28)24-22(3,4)5/h6-13,19H,1-5H3,(H,24,28). The molecule has 0 saturated carbocycles. The van der Waals surface area contributed by atoms with Gasteiger partial charge in [-0.3, -0.25) is 19.5 Å². The highest BCUT2D eigenvalue weighted by molar-refractivity contribution is 7.03. The lowest BCUT2D eigenvalue weighted by Gasteiger charge is -2.33. The van der Waals surface area contributed by atoms with Crippen LogP contribution in [0.3, 0.4) is 0 Å². The molecule has 0 aliphatic carbocycles. The minimum Gasteiger partial charge on any atom is -0.349 e. The molecule has 1 N–H and O–H groups in total. The number of nitrogens with zero attached hydrogens (tertiary/aromatic N) is 4. The van der Waals surface area contributed by atoms with E-state index in [1.165, 1.54) is 4.90 Å². The smallest absolute Gasteiger partial charge is 0.280 e. The Balaban J connectivity index is 2.20. The Bertz CT molecular complexity index is 1010. The van der Waals surface area contributed by atoms with Gasteiger partial charge >= 0.3 is 0 Å². The van der Waals surface area contributed by atoms with Crippen LogP contribution in [0.15, 0.2) is 48.0 Å². The van der Waals surface area contributed by atoms with Crippen molar-refractivity contribution in [3.8, 4) is 0 Å². The van der Waals surface area contributed by atoms with Crippen LogP contribution in [0.25, 0.3) is 0 Å². The number of benzene rings is 1. The van der Waals surface area contributed by atoms with Gasteiger partial charge in [-0.1, -0.05) is 16.6 Å². The van der Waals surface area contributed by atoms with Gasteiger partial charge in [-0.15, -0.1) is 5.10 Å². The first kappa shape index (κ1) is 21.6. The van der Waals surface area contributed by atoms with Crippen LogP contribution in [0, 0.1) is 13.8 Å². The Morgan fingerprint density at radius 1 is 1.10 bits per heavy atom. The SMILES string of the molecule is Cc1cc(C)cc(N(C(=O)c2csnn2)C(C(=O)NC(C)(C)C)c2ccccn2)c1. The summed E-state index contributed by atoms with van der Waals surface area (Å²) in [4.78, 5) is 32.8. The highest BCUT2D eigenvalue weighted by atomic mass is 32.1. The van der Waals surface area contributed by atoms with E-state index in [4.69, 9.17) is 0 Å². The van der Waals surface area contributed by atoms with Crippen molar-refractivity contribution < 1.29 is 9.59 Å². The largest absolute Gasteiger partial charge is 0.349 e. The Morgan fingerprint density at radius 3 is 2.33 bits per heavy atom. The number of hydrogen-bond acceptors (Lipinski definition) is 6. The van der Waals surface area contributed by atoms with Gasteiger partial charge in [0.1, 0.15) is 0 Å². The fraction of sp³-hybridized carbons (Fsp3) is 0.318. The van der Waals surface area contributed by atoms with E-state index in [0.29, 0.717) is 11.4 Å². The third kappa shape index (κ3) is 5.07. The number of rotatable bonds is 5. The number of nitrogens with one attached hydrogen (secondary N) is 1. The third-order valence-corrected chi connectivity index (χ3v) is 4.76. The molecule has 1 aromatic carbocycles. The molecule has 8 heteroatoms. The summed E-state index contributed by atoms with van der Waals surface area (Å²) in [6, 6.07) is 10.1. The fourth-order valence-corrected chi connectivity index (χ4v) is 3.64. The number of aryl methyl sites for hydroxylation is 2. The van der Waals surface area contributed by atoms with Crippen molar-refractivity contribution in [3.63, 3.8) is 0 Å². The Labute approximate surface area is 180 Å². The quantitative estimate of drug-likeness (QED) is 0.673. The summed E-state index contributed by atoms with van der Waals surface area (Å²) >= 11 is 1.09. The molecule has 156 valence electrons. The molecule has 0 fully saturated rings. The van der Waals surface area contributed by atoms with Crippen molar-refractivity contribution in [2.45, 2.75) is 46.2 Å². The number of carbonyl (C=O) groups excluding carboxylic acids is 2. The second-order valence-electron chi connectivity index (χ2n) is 8.21. The van der Waals surface area contributed by atoms with Crippen LogP contribution in [-0.2, 0) is 4.79 Å². The molecule has 30 heavy (non-hydrogen) atoms. The van der Waals surface area contributed by atoms with Gasteiger partial charge in [0.05, 0.1) is 5.69 Å². The van der Waals surface area contributed by atoms with Crippen LogP contribution in [0.1, 0.15) is 54.1 Å². The number of aromatic nitrogens is 3. The van der Waals surface area contributed by atoms with Gasteiger partial charge in [0.15, 0.2) is 11.7 Å². The van der Waals surface area contributed by atoms with E-state index in [0.717, 1.165) is 22.7 Å². The van der Waals surface area contributed by atoms with Gasteiger partial charge in [-0.25, -0.2) is 0 Å². The van der Waals surface area contributed by atoms with Crippen LogP contribution in [-0.4, -0.2) is 31.9 Å². The fourth-order valence-electron chi connectivity index (χ4n) is 3.21. The summed E-state index contributed by atoms with van der Waals surface area (Å²) < 4.78 is 3.82. The number of hydrogen-bond donors (Lipinski definition) is 1. The van der Waals surface area contributed by atoms with Gasteiger partial charge in [0, 0.05) is 22.8 Å². The highest BCUT2D eigenvalue weighted by Gasteiger charge is 2.36. The van der Waals surface area contributed by atoms with E-state index in [1.807, 2.05) is 52.8 Å². The molecule has 2 heterocycles. The van der Waals surface area contributed by atoms with Crippen molar-refractivity contribution in [1.29, 1.82) is 0 Å². The predicted molar refractivity (Wildman–Crippen MR) is 118 cm³/mol. The molecule has 0 radical (unpaired) electrons. The molecule has 7 nitrogen and oxygen atoms in total. The lowest BCUT2D eigenvalue weighted by molar-refractivity contribution is -0.124. The third-order valence-electron chi connectivity index (χ3n) is 4.26. The van der Waals surface area contributed by atoms with Gasteiger partial charge < -0.3 is 5.32 Å². The van der Waals surface area contributed by atoms with Crippen LogP contribution in [0.5, 0.6) is 0 Å². The van der Waals surface area contributed by atoms with Crippen LogP contribution >= 0.6 is 11.5 Å². The zero-order chi connectivity index (χ0) is 21.9. The van der Waals surface area contributed by atoms with Crippen molar-refractivity contribution in [2.24, 2.45) is 0 Å². The number of amides is 2. The summed E-state index contributed by atoms with van der Waals surface area (Å²) in [6.45, 7) is 9.60. The van der Waals surface area contributed by atoms with E-state index in [2.05, 4.69) is 19.9 Å². The van der Waals surface area contributed by atoms with Crippen molar-refractivity contribution in [1.82, 2.24) is 19.9 Å². The molecule has 3 aromatic rings. The second kappa shape index (κ2) is 8.71. The summed E-state index contributed by atoms with van der Waals surface area (Å²) in [5.74, 6) is -0.731. The Kier molecular flexibility index (Phi) is 6.26. The van der Waals surface area contributed by atoms with Crippen molar-refractivity contribution in [2.75, 3.05) is 4.90 Å². The maximum absolute atomic E-state index is 13.5. The van der Waals surface area contributed by atoms with E-state index in [-0.39, 0.29) is 11.6 Å². The van der Waals surface area contributed by atoms with Crippen LogP contribution in [0.2, 0.25) is 0 Å². The van der Waals surface area contributed by atoms with E-state index < -0.39 is 17.5 Å². The molecule has 1 unspecified atom stereocenters. The Hall–Kier alpha value is -3.13. The normalized spacial score (nSPS) is 12.3. The molecular weight excluding hydrogens is 398 g/mol. The average molecular weight is 424 g/mol. The molecule has 0 aliphatic rings. The first-order chi connectivity index (χ1) is 14.2. The molecule has 2 aromatic heterocycles. The number of anilines is 1. The summed E-state index contributed by atoms with van der Waals surface area (Å²) in [5, 5.41) is 8.51. The maximum Gasteiger partial charge on any atom is 0.280 e. The zero-order valence-electron chi connectivity index (χ0n) is 17.7. The second-order valence-corrected chi connectivity index (χ2v) is 8.82. The van der Waals surface area contributed by atoms with Crippen LogP contribution < -0.4 is 10.2 Å². The van der Waals surface area contributed by atoms with Crippen LogP contribution in [0.4, 0.5) is 5.69 Å². The molecule has 3 rings (SSSR count). The monoisotopic (exact) mass is 423 g/mol. The summed E-state index contributed by atoms with van der Waals surface area (Å²) in [5.41, 5.74) is 2.73. The minimum absolute atomic E-state index is 0.184. The number of carbonyl (C=O) groups is 2. The van der Waals surface area contributed by atoms with Crippen molar-refractivity contribution in [3.05, 3.63) is 70.5 Å². The van der Waals surface area contributed by atoms with E-state index >= 15 is 0 Å². The van der Waals surface area contributed by atoms with E-state index in [1.54, 1.807) is 29.8 Å². The average Bonchev–Trinajstić information content (AvgIpc) is 3.18. The topological polar surface area (TPSA) is 88.1 Å². The molecule has 2 amide bonds. The van der Waals surface area contributed by atoms with Gasteiger partial charge in [-0.05, 0) is 81.5 Å². The molecule has 1 atom stereocenters. The van der Waals surface area contributed by atoms with Gasteiger partial charge in [-0.2, -0.15) is 0 Å². The number of pyridine rings is 1. The van der Waals surface area contributed by atoms with Gasteiger partial charge in [0.25, 0.3) is 5.91 Å². The first-order valence-corrected chi connectivity index (χ1v) is 10.4. The maximum atomic E-state index is 13.5. The lowest BCUT2D eigenvalue weighted by atomic mass is 10.0. The molecule has 0 saturated heterocycles. The zero-order valence-corrected chi connectivity index (χ0v) is 18.5. The molecule has 0 bridgehead atoms. The minimum atomic E-state index is -0.971. The van der Waals surface area contributed by atoms with Crippen molar-refractivity contribution >= 4 is 29.0 Å². The predicted octanol–water partition coefficient (Wildman–Crippen LogP) is 3.85. The lowest BCUT2D eigenvalue weighted by Crippen LogP contribution is -2.49. The summed E-state index contributed by atoms with van der Waals surface area (Å²) in [7, 11) is 0. The summed E-state index contributed by atoms with van der Waals surface area (Å²) in [6.07, 6.45) is 1.61. The molecule has 0 aliphatic heterocycles. The van der Waals surface area contributed by atoms with Gasteiger partial charge in [0.2, 0.25) is 5.91 Å². The molecular formula is C22H25N5O2S. The first-order valence-electron chi connectivity index (χ1n) is 9.57. The Morgan fingerprint density at radius 2 is 1.80 bits per heavy atom. The highest BCUT2D eigenvalue weighted by Crippen LogP contribution is 2.30. The van der Waals surface area contributed by atoms with E-state index in [9.17, 15) is 9.59 Å². The molecule has 0 spiro atoms.